The lowest BCUT2D eigenvalue weighted by molar-refractivity contribution is -0.122. The van der Waals surface area contributed by atoms with E-state index in [-0.39, 0.29) is 18.5 Å². The molecule has 29 heavy (non-hydrogen) atoms. The van der Waals surface area contributed by atoms with E-state index in [4.69, 9.17) is 0 Å². The Kier molecular flexibility index (Phi) is 5.57. The number of hydrogen-bond donors (Lipinski definition) is 2. The molecule has 1 aliphatic heterocycles. The third-order valence-electron chi connectivity index (χ3n) is 5.41. The fraction of sp³-hybridized carbons (Fsp3) is 0.318. The van der Waals surface area contributed by atoms with Gasteiger partial charge in [-0.25, -0.2) is 4.79 Å². The SMILES string of the molecule is O=C(Cn1c(=O)[nH]c(=O)c2ccccc21)NC1CCN(Cc2ccccc2)CC1. The number of rotatable bonds is 5. The van der Waals surface area contributed by atoms with Crippen molar-refractivity contribution in [2.45, 2.75) is 32.0 Å². The van der Waals surface area contributed by atoms with E-state index in [0.29, 0.717) is 10.9 Å². The summed E-state index contributed by atoms with van der Waals surface area (Å²) in [5.74, 6) is -0.217. The van der Waals surface area contributed by atoms with Crippen LogP contribution < -0.4 is 16.6 Å². The van der Waals surface area contributed by atoms with E-state index in [1.165, 1.54) is 10.1 Å². The molecule has 3 aromatic rings. The number of fused-ring (bicyclic) bond motifs is 1. The fourth-order valence-electron chi connectivity index (χ4n) is 3.89. The van der Waals surface area contributed by atoms with Gasteiger partial charge in [0, 0.05) is 25.7 Å². The lowest BCUT2D eigenvalue weighted by Gasteiger charge is -2.32. The molecule has 1 fully saturated rings. The summed E-state index contributed by atoms with van der Waals surface area (Å²) in [6.45, 7) is 2.64. The number of carbonyl (C=O) groups excluding carboxylic acids is 1. The lowest BCUT2D eigenvalue weighted by atomic mass is 10.0. The van der Waals surface area contributed by atoms with Crippen molar-refractivity contribution in [1.82, 2.24) is 19.8 Å². The van der Waals surface area contributed by atoms with Crippen LogP contribution in [0.2, 0.25) is 0 Å². The first-order valence-corrected chi connectivity index (χ1v) is 9.87. The summed E-state index contributed by atoms with van der Waals surface area (Å²) in [7, 11) is 0. The molecule has 0 radical (unpaired) electrons. The molecule has 0 unspecified atom stereocenters. The predicted octanol–water partition coefficient (Wildman–Crippen LogP) is 1.47. The van der Waals surface area contributed by atoms with E-state index >= 15 is 0 Å². The third-order valence-corrected chi connectivity index (χ3v) is 5.41. The first kappa shape index (κ1) is 19.1. The van der Waals surface area contributed by atoms with Gasteiger partial charge in [0.2, 0.25) is 5.91 Å². The summed E-state index contributed by atoms with van der Waals surface area (Å²) in [6, 6.07) is 17.3. The van der Waals surface area contributed by atoms with Crippen LogP contribution in [0.15, 0.2) is 64.2 Å². The first-order valence-electron chi connectivity index (χ1n) is 9.87. The number of carbonyl (C=O) groups is 1. The molecule has 2 N–H and O–H groups in total. The number of nitrogens with zero attached hydrogens (tertiary/aromatic N) is 2. The van der Waals surface area contributed by atoms with Crippen LogP contribution in [0, 0.1) is 0 Å². The topological polar surface area (TPSA) is 87.2 Å². The molecule has 1 aromatic heterocycles. The molecule has 150 valence electrons. The summed E-state index contributed by atoms with van der Waals surface area (Å²) < 4.78 is 1.32. The molecular weight excluding hydrogens is 368 g/mol. The van der Waals surface area contributed by atoms with Gasteiger partial charge in [-0.15, -0.1) is 0 Å². The fourth-order valence-corrected chi connectivity index (χ4v) is 3.89. The van der Waals surface area contributed by atoms with Crippen molar-refractivity contribution in [1.29, 1.82) is 0 Å². The zero-order chi connectivity index (χ0) is 20.2. The van der Waals surface area contributed by atoms with Crippen LogP contribution in [0.4, 0.5) is 0 Å². The van der Waals surface area contributed by atoms with Crippen LogP contribution in [0.1, 0.15) is 18.4 Å². The maximum absolute atomic E-state index is 12.6. The van der Waals surface area contributed by atoms with Gasteiger partial charge in [0.25, 0.3) is 5.56 Å². The second-order valence-corrected chi connectivity index (χ2v) is 7.47. The predicted molar refractivity (Wildman–Crippen MR) is 112 cm³/mol. The number of likely N-dealkylation sites (tertiary alicyclic amines) is 1. The molecule has 0 spiro atoms. The van der Waals surface area contributed by atoms with Crippen LogP contribution >= 0.6 is 0 Å². The highest BCUT2D eigenvalue weighted by Gasteiger charge is 2.21. The minimum absolute atomic E-state index is 0.0965. The van der Waals surface area contributed by atoms with Crippen LogP contribution in [-0.4, -0.2) is 39.5 Å². The number of aromatic nitrogens is 2. The second kappa shape index (κ2) is 8.45. The van der Waals surface area contributed by atoms with Gasteiger partial charge in [0.05, 0.1) is 10.9 Å². The summed E-state index contributed by atoms with van der Waals surface area (Å²) in [6.07, 6.45) is 1.75. The maximum atomic E-state index is 12.6. The molecule has 4 rings (SSSR count). The highest BCUT2D eigenvalue weighted by Crippen LogP contribution is 2.14. The van der Waals surface area contributed by atoms with Gasteiger partial charge in [-0.1, -0.05) is 42.5 Å². The zero-order valence-electron chi connectivity index (χ0n) is 16.1. The highest BCUT2D eigenvalue weighted by atomic mass is 16.2. The lowest BCUT2D eigenvalue weighted by Crippen LogP contribution is -2.46. The van der Waals surface area contributed by atoms with Crippen molar-refractivity contribution in [3.05, 3.63) is 81.0 Å². The quantitative estimate of drug-likeness (QED) is 0.688. The summed E-state index contributed by atoms with van der Waals surface area (Å²) >= 11 is 0. The molecule has 0 saturated carbocycles. The summed E-state index contributed by atoms with van der Waals surface area (Å²) in [5, 5.41) is 3.44. The Hall–Kier alpha value is -3.19. The number of H-pyrrole nitrogens is 1. The number of aromatic amines is 1. The Morgan fingerprint density at radius 3 is 2.45 bits per heavy atom. The molecule has 7 nitrogen and oxygen atoms in total. The standard InChI is InChI=1S/C22H24N4O3/c27-20(15-26-19-9-5-4-8-18(19)21(28)24-22(26)29)23-17-10-12-25(13-11-17)14-16-6-2-1-3-7-16/h1-9,17H,10-15H2,(H,23,27)(H,24,28,29). The Bertz CT molecular complexity index is 1110. The van der Waals surface area contributed by atoms with Crippen LogP contribution in [0.25, 0.3) is 10.9 Å². The van der Waals surface area contributed by atoms with Gasteiger partial charge in [-0.05, 0) is 30.5 Å². The molecule has 1 aliphatic rings. The molecule has 0 atom stereocenters. The van der Waals surface area contributed by atoms with Crippen molar-refractivity contribution >= 4 is 16.8 Å². The van der Waals surface area contributed by atoms with Crippen molar-refractivity contribution < 1.29 is 4.79 Å². The van der Waals surface area contributed by atoms with Crippen molar-refractivity contribution in [2.24, 2.45) is 0 Å². The molecule has 1 saturated heterocycles. The van der Waals surface area contributed by atoms with Crippen molar-refractivity contribution in [3.8, 4) is 0 Å². The average molecular weight is 392 g/mol. The Labute approximate surface area is 168 Å². The maximum Gasteiger partial charge on any atom is 0.329 e. The monoisotopic (exact) mass is 392 g/mol. The van der Waals surface area contributed by atoms with E-state index in [2.05, 4.69) is 27.3 Å². The molecular formula is C22H24N4O3. The Balaban J connectivity index is 1.36. The van der Waals surface area contributed by atoms with E-state index in [9.17, 15) is 14.4 Å². The molecule has 2 aromatic carbocycles. The van der Waals surface area contributed by atoms with Gasteiger partial charge in [0.1, 0.15) is 6.54 Å². The first-order chi connectivity index (χ1) is 14.1. The van der Waals surface area contributed by atoms with Gasteiger partial charge < -0.3 is 5.32 Å². The number of para-hydroxylation sites is 1. The second-order valence-electron chi connectivity index (χ2n) is 7.47. The van der Waals surface area contributed by atoms with Crippen LogP contribution in [0.5, 0.6) is 0 Å². The average Bonchev–Trinajstić information content (AvgIpc) is 2.73. The molecule has 0 aliphatic carbocycles. The number of nitrogens with one attached hydrogen (secondary N) is 2. The largest absolute Gasteiger partial charge is 0.352 e. The van der Waals surface area contributed by atoms with Crippen molar-refractivity contribution in [3.63, 3.8) is 0 Å². The molecule has 0 bridgehead atoms. The van der Waals surface area contributed by atoms with E-state index in [0.717, 1.165) is 32.5 Å². The minimum atomic E-state index is -0.568. The van der Waals surface area contributed by atoms with Gasteiger partial charge in [-0.2, -0.15) is 0 Å². The van der Waals surface area contributed by atoms with Crippen LogP contribution in [-0.2, 0) is 17.9 Å². The minimum Gasteiger partial charge on any atom is -0.352 e. The van der Waals surface area contributed by atoms with E-state index in [1.807, 2.05) is 18.2 Å². The number of piperidine rings is 1. The number of hydrogen-bond acceptors (Lipinski definition) is 4. The molecule has 7 heteroatoms. The van der Waals surface area contributed by atoms with Crippen LogP contribution in [0.3, 0.4) is 0 Å². The Morgan fingerprint density at radius 1 is 1.00 bits per heavy atom. The van der Waals surface area contributed by atoms with Gasteiger partial charge >= 0.3 is 5.69 Å². The zero-order valence-corrected chi connectivity index (χ0v) is 16.1. The normalized spacial score (nSPS) is 15.4. The molecule has 2 heterocycles. The van der Waals surface area contributed by atoms with E-state index < -0.39 is 11.2 Å². The highest BCUT2D eigenvalue weighted by molar-refractivity contribution is 5.81. The van der Waals surface area contributed by atoms with Gasteiger partial charge in [-0.3, -0.25) is 24.0 Å². The summed E-state index contributed by atoms with van der Waals surface area (Å²) in [4.78, 5) is 41.4. The number of amides is 1. The smallest absolute Gasteiger partial charge is 0.329 e. The third kappa shape index (κ3) is 4.46. The van der Waals surface area contributed by atoms with Crippen molar-refractivity contribution in [2.75, 3.05) is 13.1 Å². The number of benzene rings is 2. The van der Waals surface area contributed by atoms with E-state index in [1.54, 1.807) is 24.3 Å². The van der Waals surface area contributed by atoms with Gasteiger partial charge in [0.15, 0.2) is 0 Å². The summed E-state index contributed by atoms with van der Waals surface area (Å²) in [5.41, 5.74) is 0.753. The molecule has 1 amide bonds. The Morgan fingerprint density at radius 2 is 1.69 bits per heavy atom.